The van der Waals surface area contributed by atoms with Crippen molar-refractivity contribution in [3.63, 3.8) is 0 Å². The number of amides is 1. The summed E-state index contributed by atoms with van der Waals surface area (Å²) in [7, 11) is 0. The quantitative estimate of drug-likeness (QED) is 0.524. The molecule has 5 heteroatoms. The zero-order valence-corrected chi connectivity index (χ0v) is 18.6. The van der Waals surface area contributed by atoms with Crippen LogP contribution in [0.1, 0.15) is 114 Å². The van der Waals surface area contributed by atoms with Crippen molar-refractivity contribution < 1.29 is 9.59 Å². The first-order valence-corrected chi connectivity index (χ1v) is 12.1. The van der Waals surface area contributed by atoms with Gasteiger partial charge >= 0.3 is 0 Å². The number of pyridine rings is 1. The Morgan fingerprint density at radius 3 is 2.03 bits per heavy atom. The second-order valence-electron chi connectivity index (χ2n) is 9.42. The third-order valence-corrected chi connectivity index (χ3v) is 7.47. The number of primary amides is 1. The molecular formula is C27H31N3O2. The van der Waals surface area contributed by atoms with E-state index in [2.05, 4.69) is 4.98 Å². The molecule has 2 saturated carbocycles. The Morgan fingerprint density at radius 2 is 1.41 bits per heavy atom. The molecule has 0 bridgehead atoms. The minimum atomic E-state index is -0.378. The molecule has 2 heterocycles. The summed E-state index contributed by atoms with van der Waals surface area (Å²) in [5.74, 6) is 0.213. The number of benzene rings is 1. The molecule has 1 aromatic carbocycles. The van der Waals surface area contributed by atoms with Crippen LogP contribution in [0.5, 0.6) is 0 Å². The van der Waals surface area contributed by atoms with Crippen LogP contribution >= 0.6 is 0 Å². The van der Waals surface area contributed by atoms with Crippen molar-refractivity contribution in [3.05, 3.63) is 70.7 Å². The van der Waals surface area contributed by atoms with E-state index in [4.69, 9.17) is 5.73 Å². The number of ketones is 1. The number of nitrogens with two attached hydrogens (primary N) is 1. The zero-order chi connectivity index (χ0) is 22.1. The molecule has 0 atom stereocenters. The van der Waals surface area contributed by atoms with Gasteiger partial charge in [-0.1, -0.05) is 44.6 Å². The molecule has 2 N–H and O–H groups in total. The van der Waals surface area contributed by atoms with Crippen molar-refractivity contribution in [1.82, 2.24) is 9.38 Å². The minimum absolute atomic E-state index is 0.0163. The van der Waals surface area contributed by atoms with E-state index in [0.717, 1.165) is 48.0 Å². The lowest BCUT2D eigenvalue weighted by Gasteiger charge is -2.32. The minimum Gasteiger partial charge on any atom is -0.366 e. The molecule has 0 unspecified atom stereocenters. The Labute approximate surface area is 189 Å². The van der Waals surface area contributed by atoms with Gasteiger partial charge in [-0.15, -0.1) is 0 Å². The van der Waals surface area contributed by atoms with Gasteiger partial charge in [0.05, 0.1) is 6.20 Å². The predicted molar refractivity (Wildman–Crippen MR) is 125 cm³/mol. The van der Waals surface area contributed by atoms with Gasteiger partial charge in [-0.2, -0.15) is 0 Å². The van der Waals surface area contributed by atoms with E-state index in [1.165, 1.54) is 38.5 Å². The number of rotatable bonds is 5. The highest BCUT2D eigenvalue weighted by Gasteiger charge is 2.32. The largest absolute Gasteiger partial charge is 0.366 e. The average Bonchev–Trinajstić information content (AvgIpc) is 3.28. The summed E-state index contributed by atoms with van der Waals surface area (Å²) in [4.78, 5) is 30.9. The number of nitrogens with zero attached hydrogens (tertiary/aromatic N) is 2. The fourth-order valence-corrected chi connectivity index (χ4v) is 5.95. The first-order chi connectivity index (χ1) is 15.6. The summed E-state index contributed by atoms with van der Waals surface area (Å²) in [6.07, 6.45) is 14.9. The van der Waals surface area contributed by atoms with Crippen molar-refractivity contribution >= 4 is 17.3 Å². The fourth-order valence-electron chi connectivity index (χ4n) is 5.95. The number of imidazole rings is 1. The molecule has 32 heavy (non-hydrogen) atoms. The van der Waals surface area contributed by atoms with Crippen LogP contribution < -0.4 is 5.73 Å². The number of fused-ring (bicyclic) bond motifs is 1. The summed E-state index contributed by atoms with van der Waals surface area (Å²) in [6, 6.07) is 9.39. The van der Waals surface area contributed by atoms with Crippen molar-refractivity contribution in [3.8, 4) is 0 Å². The lowest BCUT2D eigenvalue weighted by molar-refractivity contribution is 0.0993. The maximum absolute atomic E-state index is 13.9. The highest BCUT2D eigenvalue weighted by molar-refractivity contribution is 6.10. The monoisotopic (exact) mass is 429 g/mol. The van der Waals surface area contributed by atoms with Crippen LogP contribution in [-0.2, 0) is 0 Å². The van der Waals surface area contributed by atoms with Crippen LogP contribution in [0.4, 0.5) is 0 Å². The molecule has 0 radical (unpaired) electrons. The van der Waals surface area contributed by atoms with E-state index < -0.39 is 0 Å². The highest BCUT2D eigenvalue weighted by Crippen LogP contribution is 2.44. The molecule has 0 aliphatic heterocycles. The summed E-state index contributed by atoms with van der Waals surface area (Å²) >= 11 is 0. The third-order valence-electron chi connectivity index (χ3n) is 7.47. The van der Waals surface area contributed by atoms with Gasteiger partial charge < -0.3 is 5.73 Å². The normalized spacial score (nSPS) is 18.1. The second kappa shape index (κ2) is 8.89. The van der Waals surface area contributed by atoms with Crippen molar-refractivity contribution in [1.29, 1.82) is 0 Å². The number of aromatic nitrogens is 2. The SMILES string of the molecule is NC(=O)c1ccc(C(=O)c2cnc3ccccn23)c(C2CCCCC2)c1C1CCCCC1. The number of carbonyl (C=O) groups is 2. The molecule has 2 aliphatic rings. The summed E-state index contributed by atoms with van der Waals surface area (Å²) < 4.78 is 1.86. The second-order valence-corrected chi connectivity index (χ2v) is 9.42. The van der Waals surface area contributed by atoms with Gasteiger partial charge in [-0.05, 0) is 72.9 Å². The molecule has 2 aromatic heterocycles. The first kappa shape index (κ1) is 20.9. The Morgan fingerprint density at radius 1 is 0.812 bits per heavy atom. The first-order valence-electron chi connectivity index (χ1n) is 12.1. The molecule has 166 valence electrons. The average molecular weight is 430 g/mol. The zero-order valence-electron chi connectivity index (χ0n) is 18.6. The Bertz CT molecular complexity index is 1150. The lowest BCUT2D eigenvalue weighted by atomic mass is 9.72. The van der Waals surface area contributed by atoms with Gasteiger partial charge in [-0.3, -0.25) is 14.0 Å². The maximum Gasteiger partial charge on any atom is 0.248 e. The van der Waals surface area contributed by atoms with Gasteiger partial charge in [0.2, 0.25) is 11.7 Å². The number of hydrogen-bond acceptors (Lipinski definition) is 3. The van der Waals surface area contributed by atoms with E-state index in [1.807, 2.05) is 34.9 Å². The molecule has 2 fully saturated rings. The van der Waals surface area contributed by atoms with Gasteiger partial charge in [0, 0.05) is 17.3 Å². The van der Waals surface area contributed by atoms with Crippen LogP contribution in [0.15, 0.2) is 42.7 Å². The van der Waals surface area contributed by atoms with Crippen molar-refractivity contribution in [2.45, 2.75) is 76.0 Å². The molecule has 5 rings (SSSR count). The topological polar surface area (TPSA) is 77.5 Å². The Hall–Kier alpha value is -2.95. The molecule has 0 saturated heterocycles. The van der Waals surface area contributed by atoms with Gasteiger partial charge in [0.25, 0.3) is 0 Å². The van der Waals surface area contributed by atoms with Crippen molar-refractivity contribution in [2.75, 3.05) is 0 Å². The van der Waals surface area contributed by atoms with Gasteiger partial charge in [0.15, 0.2) is 0 Å². The van der Waals surface area contributed by atoms with E-state index in [9.17, 15) is 9.59 Å². The van der Waals surface area contributed by atoms with Crippen LogP contribution in [0.2, 0.25) is 0 Å². The molecule has 1 amide bonds. The van der Waals surface area contributed by atoms with Gasteiger partial charge in [0.1, 0.15) is 11.3 Å². The number of carbonyl (C=O) groups excluding carboxylic acids is 2. The Balaban J connectivity index is 1.71. The van der Waals surface area contributed by atoms with E-state index in [-0.39, 0.29) is 11.7 Å². The smallest absolute Gasteiger partial charge is 0.248 e. The Kier molecular flexibility index (Phi) is 5.81. The predicted octanol–water partition coefficient (Wildman–Crippen LogP) is 5.76. The maximum atomic E-state index is 13.9. The standard InChI is InChI=1S/C27H31N3O2/c28-27(32)21-15-14-20(26(31)22-17-29-23-13-7-8-16-30(22)23)24(18-9-3-1-4-10-18)25(21)19-11-5-2-6-12-19/h7-8,13-19H,1-6,9-12H2,(H2,28,32). The van der Waals surface area contributed by atoms with Crippen LogP contribution in [0, 0.1) is 0 Å². The molecule has 5 nitrogen and oxygen atoms in total. The van der Waals surface area contributed by atoms with Crippen LogP contribution in [-0.4, -0.2) is 21.1 Å². The molecule has 3 aromatic rings. The summed E-state index contributed by atoms with van der Waals surface area (Å²) in [5.41, 5.74) is 10.7. The molecular weight excluding hydrogens is 398 g/mol. The van der Waals surface area contributed by atoms with Gasteiger partial charge in [-0.25, -0.2) is 4.98 Å². The molecule has 2 aliphatic carbocycles. The summed E-state index contributed by atoms with van der Waals surface area (Å²) in [6.45, 7) is 0. The van der Waals surface area contributed by atoms with Crippen LogP contribution in [0.25, 0.3) is 5.65 Å². The number of hydrogen-bond donors (Lipinski definition) is 1. The highest BCUT2D eigenvalue weighted by atomic mass is 16.1. The van der Waals surface area contributed by atoms with E-state index in [1.54, 1.807) is 12.3 Å². The van der Waals surface area contributed by atoms with E-state index in [0.29, 0.717) is 23.1 Å². The lowest BCUT2D eigenvalue weighted by Crippen LogP contribution is -2.23. The van der Waals surface area contributed by atoms with Crippen molar-refractivity contribution in [2.24, 2.45) is 5.73 Å². The summed E-state index contributed by atoms with van der Waals surface area (Å²) in [5, 5.41) is 0. The molecule has 0 spiro atoms. The van der Waals surface area contributed by atoms with E-state index >= 15 is 0 Å². The van der Waals surface area contributed by atoms with Crippen LogP contribution in [0.3, 0.4) is 0 Å². The fraction of sp³-hybridized carbons (Fsp3) is 0.444. The third kappa shape index (κ3) is 3.74.